The summed E-state index contributed by atoms with van der Waals surface area (Å²) in [5, 5.41) is 8.63. The predicted molar refractivity (Wildman–Crippen MR) is 244 cm³/mol. The van der Waals surface area contributed by atoms with E-state index in [0.29, 0.717) is 21.1 Å². The zero-order chi connectivity index (χ0) is 40.2. The van der Waals surface area contributed by atoms with Gasteiger partial charge in [-0.15, -0.1) is 11.8 Å². The normalized spacial score (nSPS) is 23.2. The predicted octanol–water partition coefficient (Wildman–Crippen LogP) is 11.8. The number of aliphatic carboxylic acids is 1. The van der Waals surface area contributed by atoms with Gasteiger partial charge >= 0.3 is 5.97 Å². The second kappa shape index (κ2) is 18.2. The van der Waals surface area contributed by atoms with E-state index in [-0.39, 0.29) is 17.6 Å². The number of thiocarbonyl (C=S) groups is 1. The minimum Gasteiger partial charge on any atom is -0.480 e. The molecule has 1 saturated carbocycles. The number of carboxylic acid groups (broad SMARTS) is 1. The van der Waals surface area contributed by atoms with Crippen LogP contribution in [0.4, 0.5) is 11.4 Å². The highest BCUT2D eigenvalue weighted by Gasteiger charge is 2.50. The summed E-state index contributed by atoms with van der Waals surface area (Å²) in [7, 11) is 0. The maximum Gasteiger partial charge on any atom is 0.323 e. The summed E-state index contributed by atoms with van der Waals surface area (Å²) in [6.45, 7) is 1.75. The minimum absolute atomic E-state index is 0.0345. The second-order valence-electron chi connectivity index (χ2n) is 15.9. The Morgan fingerprint density at radius 1 is 0.828 bits per heavy atom. The van der Waals surface area contributed by atoms with Gasteiger partial charge in [-0.1, -0.05) is 155 Å². The smallest absolute Gasteiger partial charge is 0.323 e. The van der Waals surface area contributed by atoms with Gasteiger partial charge in [-0.2, -0.15) is 0 Å². The quantitative estimate of drug-likeness (QED) is 0.0550. The number of nitrogens with zero attached hydrogens (tertiary/aromatic N) is 2. The average Bonchev–Trinajstić information content (AvgIpc) is 3.98. The first-order valence-corrected chi connectivity index (χ1v) is 23.0. The molecule has 8 rings (SSSR count). The molecule has 2 saturated heterocycles. The van der Waals surface area contributed by atoms with Crippen molar-refractivity contribution >= 4 is 86.7 Å². The lowest BCUT2D eigenvalue weighted by Gasteiger charge is -2.27. The Labute approximate surface area is 356 Å². The van der Waals surface area contributed by atoms with Gasteiger partial charge in [-0.25, -0.2) is 0 Å². The summed E-state index contributed by atoms with van der Waals surface area (Å²) in [6.07, 6.45) is 15.1. The molecule has 6 nitrogen and oxygen atoms in total. The van der Waals surface area contributed by atoms with Crippen molar-refractivity contribution in [2.75, 3.05) is 11.4 Å². The Bertz CT molecular complexity index is 2180. The van der Waals surface area contributed by atoms with Crippen molar-refractivity contribution in [2.45, 2.75) is 93.7 Å². The lowest BCUT2D eigenvalue weighted by Crippen LogP contribution is -2.44. The molecule has 3 fully saturated rings. The van der Waals surface area contributed by atoms with Crippen molar-refractivity contribution in [1.82, 2.24) is 4.90 Å². The molecule has 4 aromatic carbocycles. The maximum absolute atomic E-state index is 13.9. The molecule has 5 atom stereocenters. The summed E-state index contributed by atoms with van der Waals surface area (Å²) in [4.78, 5) is 44.0. The largest absolute Gasteiger partial charge is 0.480 e. The molecule has 58 heavy (non-hydrogen) atoms. The van der Waals surface area contributed by atoms with E-state index in [2.05, 4.69) is 109 Å². The standard InChI is InChI=1S/C49H50N2O4S3/c1-2-3-4-5-6-13-19-38-45(54)46(58-49(38)56)48-50(31-44(52)53)47(55)43(57-48)30-33-24-27-42-40(29-33)37-20-14-21-41(37)51(42)36-25-22-32(23-26-36)28-39(34-15-9-7-10-16-34)35-17-11-8-12-18-35/h7-12,15-18,22-30,37-38,41,46,48H,2-6,13-14,19-21,31H2,1H3,(H,52,53)/b43-30-. The molecule has 1 N–H and O–H groups in total. The van der Waals surface area contributed by atoms with Gasteiger partial charge in [-0.05, 0) is 89.1 Å². The van der Waals surface area contributed by atoms with Crippen LogP contribution in [0, 0.1) is 5.92 Å². The van der Waals surface area contributed by atoms with E-state index in [1.807, 2.05) is 18.2 Å². The summed E-state index contributed by atoms with van der Waals surface area (Å²) >= 11 is 8.39. The van der Waals surface area contributed by atoms with Crippen LogP contribution in [-0.4, -0.2) is 55.1 Å². The third kappa shape index (κ3) is 8.50. The number of fused-ring (bicyclic) bond motifs is 3. The number of amides is 1. The summed E-state index contributed by atoms with van der Waals surface area (Å²) in [6, 6.07) is 36.7. The number of rotatable bonds is 15. The third-order valence-electron chi connectivity index (χ3n) is 12.1. The maximum atomic E-state index is 13.9. The molecule has 0 radical (unpaired) electrons. The van der Waals surface area contributed by atoms with Crippen LogP contribution in [0.25, 0.3) is 17.7 Å². The van der Waals surface area contributed by atoms with E-state index in [0.717, 1.165) is 56.1 Å². The van der Waals surface area contributed by atoms with Gasteiger partial charge in [0.25, 0.3) is 5.91 Å². The van der Waals surface area contributed by atoms with Crippen molar-refractivity contribution in [2.24, 2.45) is 5.92 Å². The Balaban J connectivity index is 1.02. The number of carboxylic acids is 1. The molecule has 4 aromatic rings. The lowest BCUT2D eigenvalue weighted by atomic mass is 9.95. The van der Waals surface area contributed by atoms with Gasteiger partial charge in [0.2, 0.25) is 0 Å². The Morgan fingerprint density at radius 3 is 2.19 bits per heavy atom. The van der Waals surface area contributed by atoms with Gasteiger partial charge < -0.3 is 14.9 Å². The van der Waals surface area contributed by atoms with Crippen LogP contribution in [0.2, 0.25) is 0 Å². The SMILES string of the molecule is CCCCCCCCC1C(=O)C(C2S/C(=C\c3ccc4c(c3)C3CCCC3N4c3ccc(C=C(c4ccccc4)c4ccccc4)cc3)C(=O)N2CC(=O)O)SC1=S. The topological polar surface area (TPSA) is 77.9 Å². The van der Waals surface area contributed by atoms with Crippen LogP contribution in [-0.2, 0) is 14.4 Å². The van der Waals surface area contributed by atoms with E-state index in [4.69, 9.17) is 12.2 Å². The number of ketones is 1. The van der Waals surface area contributed by atoms with Crippen molar-refractivity contribution < 1.29 is 19.5 Å². The fourth-order valence-electron chi connectivity index (χ4n) is 9.22. The van der Waals surface area contributed by atoms with Crippen molar-refractivity contribution in [1.29, 1.82) is 0 Å². The zero-order valence-corrected chi connectivity index (χ0v) is 35.4. The molecular formula is C49H50N2O4S3. The zero-order valence-electron chi connectivity index (χ0n) is 32.9. The molecule has 1 amide bonds. The van der Waals surface area contributed by atoms with E-state index in [1.54, 1.807) is 0 Å². The van der Waals surface area contributed by atoms with Gasteiger partial charge in [0.1, 0.15) is 11.9 Å². The molecule has 9 heteroatoms. The molecule has 5 unspecified atom stereocenters. The van der Waals surface area contributed by atoms with Gasteiger partial charge in [0.05, 0.1) is 20.3 Å². The first-order valence-electron chi connectivity index (χ1n) is 20.8. The van der Waals surface area contributed by atoms with Crippen LogP contribution >= 0.6 is 35.7 Å². The van der Waals surface area contributed by atoms with Crippen LogP contribution in [0.3, 0.4) is 0 Å². The Kier molecular flexibility index (Phi) is 12.7. The first-order chi connectivity index (χ1) is 28.3. The van der Waals surface area contributed by atoms with E-state index in [1.165, 1.54) is 81.3 Å². The van der Waals surface area contributed by atoms with Crippen LogP contribution in [0.5, 0.6) is 0 Å². The molecule has 4 aliphatic rings. The fraction of sp³-hybridized carbons (Fsp3) is 0.347. The molecule has 0 spiro atoms. The fourth-order valence-corrected chi connectivity index (χ4v) is 12.5. The third-order valence-corrected chi connectivity index (χ3v) is 15.4. The number of hydrogen-bond donors (Lipinski definition) is 1. The van der Waals surface area contributed by atoms with Crippen molar-refractivity contribution in [3.05, 3.63) is 136 Å². The molecule has 3 heterocycles. The Morgan fingerprint density at radius 2 is 1.50 bits per heavy atom. The van der Waals surface area contributed by atoms with Gasteiger partial charge in [0, 0.05) is 23.3 Å². The van der Waals surface area contributed by atoms with E-state index < -0.39 is 23.1 Å². The lowest BCUT2D eigenvalue weighted by molar-refractivity contribution is -0.143. The summed E-state index contributed by atoms with van der Waals surface area (Å²) in [5.41, 5.74) is 9.23. The molecule has 0 bridgehead atoms. The highest BCUT2D eigenvalue weighted by Crippen LogP contribution is 2.53. The van der Waals surface area contributed by atoms with Crippen LogP contribution in [0.15, 0.2) is 108 Å². The van der Waals surface area contributed by atoms with Crippen LogP contribution in [0.1, 0.15) is 105 Å². The second-order valence-corrected chi connectivity index (χ2v) is 18.9. The van der Waals surface area contributed by atoms with Gasteiger partial charge in [-0.3, -0.25) is 14.4 Å². The first kappa shape index (κ1) is 40.3. The number of benzene rings is 4. The number of unbranched alkanes of at least 4 members (excludes halogenated alkanes) is 5. The molecule has 3 aliphatic heterocycles. The molecule has 298 valence electrons. The van der Waals surface area contributed by atoms with E-state index in [9.17, 15) is 19.5 Å². The summed E-state index contributed by atoms with van der Waals surface area (Å²) < 4.78 is 0.675. The molecule has 0 aromatic heterocycles. The van der Waals surface area contributed by atoms with Crippen molar-refractivity contribution in [3.63, 3.8) is 0 Å². The highest BCUT2D eigenvalue weighted by molar-refractivity contribution is 8.25. The molecular weight excluding hydrogens is 777 g/mol. The number of thioether (sulfide) groups is 2. The number of Topliss-reactive ketones (excluding diaryl/α,β-unsaturated/α-hetero) is 1. The number of carbonyl (C=O) groups excluding carboxylic acids is 2. The van der Waals surface area contributed by atoms with Crippen LogP contribution < -0.4 is 4.90 Å². The molecule has 1 aliphatic carbocycles. The van der Waals surface area contributed by atoms with Crippen molar-refractivity contribution in [3.8, 4) is 0 Å². The minimum atomic E-state index is -1.09. The highest BCUT2D eigenvalue weighted by atomic mass is 32.2. The van der Waals surface area contributed by atoms with E-state index >= 15 is 0 Å². The number of hydrogen-bond acceptors (Lipinski definition) is 7. The Hall–Kier alpha value is -4.44. The summed E-state index contributed by atoms with van der Waals surface area (Å²) in [5.74, 6) is -1.33. The average molecular weight is 827 g/mol. The number of anilines is 2. The number of carbonyl (C=O) groups is 3. The van der Waals surface area contributed by atoms with Gasteiger partial charge in [0.15, 0.2) is 5.78 Å². The monoisotopic (exact) mass is 826 g/mol.